The van der Waals surface area contributed by atoms with Gasteiger partial charge in [0.05, 0.1) is 12.6 Å². The monoisotopic (exact) mass is 269 g/mol. The van der Waals surface area contributed by atoms with Gasteiger partial charge in [-0.1, -0.05) is 18.2 Å². The molecule has 0 fully saturated rings. The van der Waals surface area contributed by atoms with Gasteiger partial charge in [-0.25, -0.2) is 0 Å². The predicted molar refractivity (Wildman–Crippen MR) is 77.8 cm³/mol. The Kier molecular flexibility index (Phi) is 3.16. The lowest BCUT2D eigenvalue weighted by Gasteiger charge is -2.10. The first-order valence-corrected chi connectivity index (χ1v) is 6.26. The van der Waals surface area contributed by atoms with Crippen molar-refractivity contribution in [3.05, 3.63) is 48.0 Å². The van der Waals surface area contributed by atoms with Crippen molar-refractivity contribution in [2.75, 3.05) is 12.8 Å². The van der Waals surface area contributed by atoms with E-state index < -0.39 is 0 Å². The maximum atomic E-state index is 5.78. The Morgan fingerprint density at radius 3 is 2.90 bits per heavy atom. The Morgan fingerprint density at radius 1 is 1.20 bits per heavy atom. The van der Waals surface area contributed by atoms with E-state index in [1.54, 1.807) is 7.11 Å². The summed E-state index contributed by atoms with van der Waals surface area (Å²) >= 11 is 0. The van der Waals surface area contributed by atoms with Crippen molar-refractivity contribution in [3.8, 4) is 11.5 Å². The summed E-state index contributed by atoms with van der Waals surface area (Å²) in [7, 11) is 1.65. The van der Waals surface area contributed by atoms with E-state index >= 15 is 0 Å². The van der Waals surface area contributed by atoms with Crippen LogP contribution in [0.3, 0.4) is 0 Å². The van der Waals surface area contributed by atoms with E-state index in [2.05, 4.69) is 10.2 Å². The molecular formula is C15H15N3O2. The zero-order valence-corrected chi connectivity index (χ0v) is 11.1. The van der Waals surface area contributed by atoms with Crippen LogP contribution in [-0.4, -0.2) is 17.3 Å². The van der Waals surface area contributed by atoms with E-state index in [0.29, 0.717) is 12.4 Å². The number of methoxy groups -OCH3 is 1. The number of hydrogen-bond acceptors (Lipinski definition) is 4. The van der Waals surface area contributed by atoms with E-state index in [0.717, 1.165) is 28.0 Å². The number of aromatic nitrogens is 2. The molecule has 0 bridgehead atoms. The van der Waals surface area contributed by atoms with Crippen LogP contribution in [-0.2, 0) is 6.61 Å². The number of para-hydroxylation sites is 1. The first-order valence-electron chi connectivity index (χ1n) is 6.26. The molecule has 20 heavy (non-hydrogen) atoms. The van der Waals surface area contributed by atoms with E-state index in [9.17, 15) is 0 Å². The molecule has 0 aliphatic carbocycles. The molecule has 2 aromatic carbocycles. The van der Waals surface area contributed by atoms with Gasteiger partial charge in [0.15, 0.2) is 5.82 Å². The molecule has 0 atom stereocenters. The second-order valence-electron chi connectivity index (χ2n) is 4.42. The smallest absolute Gasteiger partial charge is 0.153 e. The third-order valence-corrected chi connectivity index (χ3v) is 3.15. The summed E-state index contributed by atoms with van der Waals surface area (Å²) in [5, 5.41) is 7.73. The van der Waals surface area contributed by atoms with Gasteiger partial charge in [-0.2, -0.15) is 5.10 Å². The summed E-state index contributed by atoms with van der Waals surface area (Å²) in [6.07, 6.45) is 0. The molecule has 0 unspecified atom stereocenters. The van der Waals surface area contributed by atoms with Gasteiger partial charge >= 0.3 is 0 Å². The van der Waals surface area contributed by atoms with Gasteiger partial charge in [-0.3, -0.25) is 5.10 Å². The van der Waals surface area contributed by atoms with Gasteiger partial charge in [-0.15, -0.1) is 0 Å². The summed E-state index contributed by atoms with van der Waals surface area (Å²) in [6, 6.07) is 13.4. The summed E-state index contributed by atoms with van der Waals surface area (Å²) < 4.78 is 11.1. The van der Waals surface area contributed by atoms with E-state index in [4.69, 9.17) is 15.2 Å². The molecule has 1 heterocycles. The van der Waals surface area contributed by atoms with Gasteiger partial charge in [-0.05, 0) is 18.2 Å². The first-order chi connectivity index (χ1) is 9.78. The van der Waals surface area contributed by atoms with E-state index in [1.807, 2.05) is 42.5 Å². The van der Waals surface area contributed by atoms with Crippen LogP contribution >= 0.6 is 0 Å². The molecule has 0 saturated carbocycles. The number of ether oxygens (including phenoxy) is 2. The molecule has 3 rings (SSSR count). The summed E-state index contributed by atoms with van der Waals surface area (Å²) in [4.78, 5) is 0. The van der Waals surface area contributed by atoms with Crippen LogP contribution in [0.4, 0.5) is 5.82 Å². The maximum Gasteiger partial charge on any atom is 0.153 e. The second-order valence-corrected chi connectivity index (χ2v) is 4.42. The van der Waals surface area contributed by atoms with Crippen molar-refractivity contribution in [2.24, 2.45) is 0 Å². The van der Waals surface area contributed by atoms with Crippen LogP contribution in [0.1, 0.15) is 5.56 Å². The molecule has 0 radical (unpaired) electrons. The molecule has 0 amide bonds. The van der Waals surface area contributed by atoms with Crippen molar-refractivity contribution in [1.29, 1.82) is 0 Å². The quantitative estimate of drug-likeness (QED) is 0.763. The molecule has 3 N–H and O–H groups in total. The SMILES string of the molecule is COc1ccccc1COc1ccc2c(N)n[nH]c2c1. The van der Waals surface area contributed by atoms with Gasteiger partial charge in [0.1, 0.15) is 18.1 Å². The number of benzene rings is 2. The number of nitrogens with zero attached hydrogens (tertiary/aromatic N) is 1. The highest BCUT2D eigenvalue weighted by Gasteiger charge is 2.05. The highest BCUT2D eigenvalue weighted by atomic mass is 16.5. The molecule has 0 aliphatic rings. The van der Waals surface area contributed by atoms with Crippen molar-refractivity contribution in [3.63, 3.8) is 0 Å². The molecule has 0 spiro atoms. The zero-order valence-electron chi connectivity index (χ0n) is 11.1. The number of fused-ring (bicyclic) bond motifs is 1. The molecule has 1 aromatic heterocycles. The van der Waals surface area contributed by atoms with Crippen LogP contribution in [0, 0.1) is 0 Å². The Labute approximate surface area is 116 Å². The third-order valence-electron chi connectivity index (χ3n) is 3.15. The lowest BCUT2D eigenvalue weighted by Crippen LogP contribution is -1.98. The predicted octanol–water partition coefficient (Wildman–Crippen LogP) is 2.73. The number of hydrogen-bond donors (Lipinski definition) is 2. The summed E-state index contributed by atoms with van der Waals surface area (Å²) in [6.45, 7) is 0.444. The number of rotatable bonds is 4. The van der Waals surface area contributed by atoms with Crippen LogP contribution in [0.5, 0.6) is 11.5 Å². The number of aromatic amines is 1. The lowest BCUT2D eigenvalue weighted by molar-refractivity contribution is 0.297. The van der Waals surface area contributed by atoms with Crippen molar-refractivity contribution < 1.29 is 9.47 Å². The van der Waals surface area contributed by atoms with Gasteiger partial charge < -0.3 is 15.2 Å². The van der Waals surface area contributed by atoms with Crippen molar-refractivity contribution >= 4 is 16.7 Å². The highest BCUT2D eigenvalue weighted by Crippen LogP contribution is 2.25. The Balaban J connectivity index is 1.79. The Bertz CT molecular complexity index is 737. The van der Waals surface area contributed by atoms with Gasteiger partial charge in [0, 0.05) is 17.0 Å². The largest absolute Gasteiger partial charge is 0.496 e. The fourth-order valence-electron chi connectivity index (χ4n) is 2.09. The van der Waals surface area contributed by atoms with Crippen LogP contribution < -0.4 is 15.2 Å². The molecule has 5 nitrogen and oxygen atoms in total. The average molecular weight is 269 g/mol. The van der Waals surface area contributed by atoms with Crippen LogP contribution in [0.25, 0.3) is 10.9 Å². The number of H-pyrrole nitrogens is 1. The van der Waals surface area contributed by atoms with E-state index in [-0.39, 0.29) is 0 Å². The number of nitrogens with one attached hydrogen (secondary N) is 1. The molecule has 3 aromatic rings. The summed E-state index contributed by atoms with van der Waals surface area (Å²) in [5.41, 5.74) is 7.59. The second kappa shape index (κ2) is 5.13. The summed E-state index contributed by atoms with van der Waals surface area (Å²) in [5.74, 6) is 2.07. The lowest BCUT2D eigenvalue weighted by atomic mass is 10.2. The van der Waals surface area contributed by atoms with Gasteiger partial charge in [0.25, 0.3) is 0 Å². The van der Waals surface area contributed by atoms with Gasteiger partial charge in [0.2, 0.25) is 0 Å². The van der Waals surface area contributed by atoms with Crippen molar-refractivity contribution in [1.82, 2.24) is 10.2 Å². The Hall–Kier alpha value is -2.69. The maximum absolute atomic E-state index is 5.78. The molecule has 0 aliphatic heterocycles. The topological polar surface area (TPSA) is 73.2 Å². The number of anilines is 1. The molecular weight excluding hydrogens is 254 g/mol. The van der Waals surface area contributed by atoms with Crippen LogP contribution in [0.2, 0.25) is 0 Å². The standard InChI is InChI=1S/C15H15N3O2/c1-19-14-5-3-2-4-10(14)9-20-11-6-7-12-13(8-11)17-18-15(12)16/h2-8H,9H2,1H3,(H3,16,17,18). The average Bonchev–Trinajstić information content (AvgIpc) is 2.86. The fraction of sp³-hybridized carbons (Fsp3) is 0.133. The minimum absolute atomic E-state index is 0.444. The van der Waals surface area contributed by atoms with E-state index in [1.165, 1.54) is 0 Å². The molecule has 5 heteroatoms. The minimum atomic E-state index is 0.444. The minimum Gasteiger partial charge on any atom is -0.496 e. The fourth-order valence-corrected chi connectivity index (χ4v) is 2.09. The third kappa shape index (κ3) is 2.25. The Morgan fingerprint density at radius 2 is 2.05 bits per heavy atom. The first kappa shape index (κ1) is 12.3. The van der Waals surface area contributed by atoms with Crippen molar-refractivity contribution in [2.45, 2.75) is 6.61 Å². The number of nitrogen functional groups attached to an aromatic ring is 1. The molecule has 0 saturated heterocycles. The molecule has 102 valence electrons. The zero-order chi connectivity index (χ0) is 13.9. The highest BCUT2D eigenvalue weighted by molar-refractivity contribution is 5.89. The normalized spacial score (nSPS) is 10.7. The number of nitrogens with two attached hydrogens (primary N) is 1. The van der Waals surface area contributed by atoms with Crippen LogP contribution in [0.15, 0.2) is 42.5 Å².